The Morgan fingerprint density at radius 3 is 2.28 bits per heavy atom. The van der Waals surface area contributed by atoms with Crippen LogP contribution in [0.5, 0.6) is 0 Å². The Bertz CT molecular complexity index is 453. The molecule has 1 N–H and O–H groups in total. The minimum atomic E-state index is -0.0414. The SMILES string of the molecule is COCCNC(=O)C(C1CCCC1)N1CCN(C(=O)C2CCC2)CC1. The second-order valence-electron chi connectivity index (χ2n) is 7.76. The van der Waals surface area contributed by atoms with Crippen molar-refractivity contribution >= 4 is 11.8 Å². The molecule has 0 bridgehead atoms. The molecule has 3 fully saturated rings. The number of rotatable bonds is 7. The van der Waals surface area contributed by atoms with Crippen molar-refractivity contribution in [3.8, 4) is 0 Å². The van der Waals surface area contributed by atoms with Gasteiger partial charge in [0.1, 0.15) is 0 Å². The summed E-state index contributed by atoms with van der Waals surface area (Å²) >= 11 is 0. The maximum Gasteiger partial charge on any atom is 0.237 e. The summed E-state index contributed by atoms with van der Waals surface area (Å²) in [4.78, 5) is 29.6. The topological polar surface area (TPSA) is 61.9 Å². The molecule has 1 saturated heterocycles. The fourth-order valence-corrected chi connectivity index (χ4v) is 4.47. The van der Waals surface area contributed by atoms with Crippen LogP contribution in [-0.4, -0.2) is 74.1 Å². The highest BCUT2D eigenvalue weighted by atomic mass is 16.5. The van der Waals surface area contributed by atoms with E-state index in [1.165, 1.54) is 19.3 Å². The molecular formula is C19H33N3O3. The lowest BCUT2D eigenvalue weighted by molar-refractivity contribution is -0.141. The molecule has 0 spiro atoms. The van der Waals surface area contributed by atoms with Gasteiger partial charge in [-0.3, -0.25) is 14.5 Å². The summed E-state index contributed by atoms with van der Waals surface area (Å²) in [7, 11) is 1.65. The first-order chi connectivity index (χ1) is 12.2. The zero-order chi connectivity index (χ0) is 17.6. The van der Waals surface area contributed by atoms with Crippen LogP contribution in [-0.2, 0) is 14.3 Å². The first-order valence-corrected chi connectivity index (χ1v) is 10.00. The van der Waals surface area contributed by atoms with E-state index in [9.17, 15) is 9.59 Å². The van der Waals surface area contributed by atoms with E-state index in [0.29, 0.717) is 25.0 Å². The molecule has 2 saturated carbocycles. The van der Waals surface area contributed by atoms with Crippen molar-refractivity contribution in [2.75, 3.05) is 46.4 Å². The van der Waals surface area contributed by atoms with Gasteiger partial charge in [0.05, 0.1) is 12.6 Å². The number of ether oxygens (including phenoxy) is 1. The highest BCUT2D eigenvalue weighted by Crippen LogP contribution is 2.32. The summed E-state index contributed by atoms with van der Waals surface area (Å²) in [5.41, 5.74) is 0. The van der Waals surface area contributed by atoms with Crippen LogP contribution in [0.1, 0.15) is 44.9 Å². The van der Waals surface area contributed by atoms with Gasteiger partial charge in [0.25, 0.3) is 0 Å². The van der Waals surface area contributed by atoms with E-state index in [4.69, 9.17) is 4.74 Å². The molecule has 0 radical (unpaired) electrons. The number of nitrogens with one attached hydrogen (secondary N) is 1. The van der Waals surface area contributed by atoms with Gasteiger partial charge in [0, 0.05) is 45.8 Å². The summed E-state index contributed by atoms with van der Waals surface area (Å²) < 4.78 is 5.05. The van der Waals surface area contributed by atoms with Gasteiger partial charge < -0.3 is 15.0 Å². The van der Waals surface area contributed by atoms with E-state index in [2.05, 4.69) is 10.2 Å². The van der Waals surface area contributed by atoms with E-state index in [-0.39, 0.29) is 17.9 Å². The molecule has 3 rings (SSSR count). The van der Waals surface area contributed by atoms with Crippen molar-refractivity contribution in [3.63, 3.8) is 0 Å². The summed E-state index contributed by atoms with van der Waals surface area (Å²) in [6.45, 7) is 4.29. The molecule has 1 unspecified atom stereocenters. The lowest BCUT2D eigenvalue weighted by Crippen LogP contribution is -2.58. The Labute approximate surface area is 151 Å². The van der Waals surface area contributed by atoms with E-state index >= 15 is 0 Å². The largest absolute Gasteiger partial charge is 0.383 e. The molecule has 0 aromatic heterocycles. The number of nitrogens with zero attached hydrogens (tertiary/aromatic N) is 2. The van der Waals surface area contributed by atoms with E-state index in [1.807, 2.05) is 4.90 Å². The number of methoxy groups -OCH3 is 1. The Hall–Kier alpha value is -1.14. The van der Waals surface area contributed by atoms with Crippen LogP contribution < -0.4 is 5.32 Å². The zero-order valence-corrected chi connectivity index (χ0v) is 15.5. The molecular weight excluding hydrogens is 318 g/mol. The molecule has 6 nitrogen and oxygen atoms in total. The Balaban J connectivity index is 1.55. The smallest absolute Gasteiger partial charge is 0.237 e. The summed E-state index contributed by atoms with van der Waals surface area (Å²) in [6.07, 6.45) is 8.06. The lowest BCUT2D eigenvalue weighted by atomic mass is 9.84. The van der Waals surface area contributed by atoms with Crippen LogP contribution in [0, 0.1) is 11.8 Å². The quantitative estimate of drug-likeness (QED) is 0.702. The van der Waals surface area contributed by atoms with Gasteiger partial charge >= 0.3 is 0 Å². The number of carbonyl (C=O) groups excluding carboxylic acids is 2. The Morgan fingerprint density at radius 2 is 1.72 bits per heavy atom. The van der Waals surface area contributed by atoms with Crippen molar-refractivity contribution in [2.45, 2.75) is 51.0 Å². The number of hydrogen-bond acceptors (Lipinski definition) is 4. The second kappa shape index (κ2) is 8.99. The monoisotopic (exact) mass is 351 g/mol. The highest BCUT2D eigenvalue weighted by Gasteiger charge is 2.38. The average molecular weight is 351 g/mol. The second-order valence-corrected chi connectivity index (χ2v) is 7.76. The first kappa shape index (κ1) is 18.6. The highest BCUT2D eigenvalue weighted by molar-refractivity contribution is 5.82. The molecule has 1 atom stereocenters. The van der Waals surface area contributed by atoms with Crippen molar-refractivity contribution < 1.29 is 14.3 Å². The third-order valence-electron chi connectivity index (χ3n) is 6.19. The van der Waals surface area contributed by atoms with Gasteiger partial charge in [-0.05, 0) is 31.6 Å². The number of hydrogen-bond donors (Lipinski definition) is 1. The van der Waals surface area contributed by atoms with Crippen LogP contribution in [0.15, 0.2) is 0 Å². The summed E-state index contributed by atoms with van der Waals surface area (Å²) in [5.74, 6) is 1.21. The maximum atomic E-state index is 12.8. The first-order valence-electron chi connectivity index (χ1n) is 10.00. The molecule has 1 heterocycles. The third kappa shape index (κ3) is 4.53. The predicted octanol–water partition coefficient (Wildman–Crippen LogP) is 1.25. The maximum absolute atomic E-state index is 12.8. The van der Waals surface area contributed by atoms with E-state index in [0.717, 1.165) is 51.9 Å². The molecule has 1 aliphatic heterocycles. The third-order valence-corrected chi connectivity index (χ3v) is 6.19. The number of carbonyl (C=O) groups is 2. The van der Waals surface area contributed by atoms with Gasteiger partial charge in [-0.2, -0.15) is 0 Å². The fourth-order valence-electron chi connectivity index (χ4n) is 4.47. The van der Waals surface area contributed by atoms with Crippen LogP contribution >= 0.6 is 0 Å². The van der Waals surface area contributed by atoms with Gasteiger partial charge in [-0.15, -0.1) is 0 Å². The zero-order valence-electron chi connectivity index (χ0n) is 15.5. The van der Waals surface area contributed by atoms with E-state index < -0.39 is 0 Å². The standard InChI is InChI=1S/C19H33N3O3/c1-25-14-9-20-18(23)17(15-5-2-3-6-15)21-10-12-22(13-11-21)19(24)16-7-4-8-16/h15-17H,2-14H2,1H3,(H,20,23). The summed E-state index contributed by atoms with van der Waals surface area (Å²) in [6, 6.07) is -0.0414. The van der Waals surface area contributed by atoms with Crippen LogP contribution in [0.3, 0.4) is 0 Å². The van der Waals surface area contributed by atoms with E-state index in [1.54, 1.807) is 7.11 Å². The van der Waals surface area contributed by atoms with Crippen molar-refractivity contribution in [1.29, 1.82) is 0 Å². The molecule has 2 aliphatic carbocycles. The minimum Gasteiger partial charge on any atom is -0.383 e. The van der Waals surface area contributed by atoms with Gasteiger partial charge in [0.2, 0.25) is 11.8 Å². The van der Waals surface area contributed by atoms with Gasteiger partial charge in [-0.25, -0.2) is 0 Å². The van der Waals surface area contributed by atoms with Gasteiger partial charge in [-0.1, -0.05) is 19.3 Å². The van der Waals surface area contributed by atoms with Crippen molar-refractivity contribution in [1.82, 2.24) is 15.1 Å². The predicted molar refractivity (Wildman–Crippen MR) is 96.1 cm³/mol. The molecule has 6 heteroatoms. The summed E-state index contributed by atoms with van der Waals surface area (Å²) in [5, 5.41) is 3.04. The minimum absolute atomic E-state index is 0.0414. The number of piperazine rings is 1. The fraction of sp³-hybridized carbons (Fsp3) is 0.895. The normalized spacial score (nSPS) is 24.1. The van der Waals surface area contributed by atoms with Crippen LogP contribution in [0.2, 0.25) is 0 Å². The molecule has 2 amide bonds. The average Bonchev–Trinajstić information content (AvgIpc) is 3.08. The number of amides is 2. The Kier molecular flexibility index (Phi) is 6.70. The van der Waals surface area contributed by atoms with Crippen LogP contribution in [0.25, 0.3) is 0 Å². The van der Waals surface area contributed by atoms with Gasteiger partial charge in [0.15, 0.2) is 0 Å². The van der Waals surface area contributed by atoms with Crippen molar-refractivity contribution in [2.24, 2.45) is 11.8 Å². The van der Waals surface area contributed by atoms with Crippen molar-refractivity contribution in [3.05, 3.63) is 0 Å². The molecule has 0 aromatic rings. The molecule has 25 heavy (non-hydrogen) atoms. The van der Waals surface area contributed by atoms with Crippen LogP contribution in [0.4, 0.5) is 0 Å². The molecule has 0 aromatic carbocycles. The molecule has 142 valence electrons. The Morgan fingerprint density at radius 1 is 1.04 bits per heavy atom. The molecule has 3 aliphatic rings. The lowest BCUT2D eigenvalue weighted by Gasteiger charge is -2.42.